The summed E-state index contributed by atoms with van der Waals surface area (Å²) < 4.78 is 0. The molecular weight excluding hydrogens is 288 g/mol. The standard InChI is InChI=1S/C16H24O6/c17-13(9-5-11-15(19)20)7-3-1-2-4-8-14(18)10-6-12-16(21)22/h1-4,7-8,13-14,17-18H,5-6,9-12H2,(H,19,20)(H,21,22)/t13-,14+. The molecule has 0 saturated heterocycles. The molecule has 22 heavy (non-hydrogen) atoms. The number of hydrogen-bond donors (Lipinski definition) is 4. The highest BCUT2D eigenvalue weighted by molar-refractivity contribution is 5.66. The summed E-state index contributed by atoms with van der Waals surface area (Å²) in [6.45, 7) is 0. The molecule has 6 nitrogen and oxygen atoms in total. The van der Waals surface area contributed by atoms with Gasteiger partial charge in [-0.05, 0) is 25.7 Å². The molecule has 0 heterocycles. The first-order valence-corrected chi connectivity index (χ1v) is 7.23. The Balaban J connectivity index is 3.82. The summed E-state index contributed by atoms with van der Waals surface area (Å²) >= 11 is 0. The molecule has 0 aliphatic rings. The van der Waals surface area contributed by atoms with E-state index < -0.39 is 24.1 Å². The predicted octanol–water partition coefficient (Wildman–Crippen LogP) is 1.89. The maximum atomic E-state index is 10.3. The SMILES string of the molecule is O=C(O)CCC[C@H](O)C=CC=CC=C[C@H](O)CCCC(=O)O. The second kappa shape index (κ2) is 12.8. The van der Waals surface area contributed by atoms with Crippen LogP contribution in [-0.4, -0.2) is 44.6 Å². The van der Waals surface area contributed by atoms with Gasteiger partial charge < -0.3 is 20.4 Å². The zero-order valence-electron chi connectivity index (χ0n) is 12.5. The topological polar surface area (TPSA) is 115 Å². The first kappa shape index (κ1) is 20.1. The molecule has 0 rings (SSSR count). The molecular formula is C16H24O6. The number of hydrogen-bond acceptors (Lipinski definition) is 4. The van der Waals surface area contributed by atoms with Gasteiger partial charge in [0.05, 0.1) is 12.2 Å². The van der Waals surface area contributed by atoms with Crippen LogP contribution < -0.4 is 0 Å². The summed E-state index contributed by atoms with van der Waals surface area (Å²) in [5.41, 5.74) is 0. The number of aliphatic hydroxyl groups is 2. The Morgan fingerprint density at radius 3 is 1.41 bits per heavy atom. The van der Waals surface area contributed by atoms with Crippen LogP contribution in [0.3, 0.4) is 0 Å². The van der Waals surface area contributed by atoms with Crippen molar-refractivity contribution in [1.82, 2.24) is 0 Å². The lowest BCUT2D eigenvalue weighted by molar-refractivity contribution is -0.138. The summed E-state index contributed by atoms with van der Waals surface area (Å²) in [5, 5.41) is 36.0. The number of carbonyl (C=O) groups is 2. The van der Waals surface area contributed by atoms with Crippen molar-refractivity contribution in [1.29, 1.82) is 0 Å². The third-order valence-electron chi connectivity index (χ3n) is 2.78. The van der Waals surface area contributed by atoms with Crippen molar-refractivity contribution in [3.8, 4) is 0 Å². The Morgan fingerprint density at radius 1 is 0.727 bits per heavy atom. The number of allylic oxidation sites excluding steroid dienone is 4. The van der Waals surface area contributed by atoms with Crippen molar-refractivity contribution in [2.24, 2.45) is 0 Å². The van der Waals surface area contributed by atoms with Crippen LogP contribution in [0.5, 0.6) is 0 Å². The van der Waals surface area contributed by atoms with Gasteiger partial charge in [-0.2, -0.15) is 0 Å². The van der Waals surface area contributed by atoms with Crippen LogP contribution in [0, 0.1) is 0 Å². The Labute approximate surface area is 130 Å². The zero-order valence-corrected chi connectivity index (χ0v) is 12.5. The summed E-state index contributed by atoms with van der Waals surface area (Å²) in [4.78, 5) is 20.6. The van der Waals surface area contributed by atoms with E-state index in [2.05, 4.69) is 0 Å². The van der Waals surface area contributed by atoms with E-state index in [0.29, 0.717) is 25.7 Å². The molecule has 0 radical (unpaired) electrons. The van der Waals surface area contributed by atoms with Crippen LogP contribution in [0.15, 0.2) is 36.5 Å². The van der Waals surface area contributed by atoms with Crippen molar-refractivity contribution < 1.29 is 30.0 Å². The smallest absolute Gasteiger partial charge is 0.303 e. The summed E-state index contributed by atoms with van der Waals surface area (Å²) in [5.74, 6) is -1.74. The predicted molar refractivity (Wildman–Crippen MR) is 82.4 cm³/mol. The van der Waals surface area contributed by atoms with E-state index in [4.69, 9.17) is 10.2 Å². The molecule has 0 aliphatic heterocycles. The monoisotopic (exact) mass is 312 g/mol. The number of carboxylic acid groups (broad SMARTS) is 2. The van der Waals surface area contributed by atoms with Gasteiger partial charge in [0.25, 0.3) is 0 Å². The first-order valence-electron chi connectivity index (χ1n) is 7.23. The molecule has 0 bridgehead atoms. The van der Waals surface area contributed by atoms with Crippen LogP contribution in [-0.2, 0) is 9.59 Å². The van der Waals surface area contributed by atoms with Crippen LogP contribution in [0.4, 0.5) is 0 Å². The van der Waals surface area contributed by atoms with Crippen molar-refractivity contribution in [3.63, 3.8) is 0 Å². The van der Waals surface area contributed by atoms with E-state index in [0.717, 1.165) is 0 Å². The van der Waals surface area contributed by atoms with Crippen molar-refractivity contribution in [2.45, 2.75) is 50.7 Å². The highest BCUT2D eigenvalue weighted by Crippen LogP contribution is 2.03. The third kappa shape index (κ3) is 14.5. The van der Waals surface area contributed by atoms with E-state index in [1.54, 1.807) is 36.5 Å². The van der Waals surface area contributed by atoms with Gasteiger partial charge in [0.2, 0.25) is 0 Å². The number of carboxylic acids is 2. The zero-order chi connectivity index (χ0) is 16.8. The molecule has 0 spiro atoms. The third-order valence-corrected chi connectivity index (χ3v) is 2.78. The van der Waals surface area contributed by atoms with Crippen LogP contribution in [0.2, 0.25) is 0 Å². The van der Waals surface area contributed by atoms with E-state index in [1.165, 1.54) is 0 Å². The maximum Gasteiger partial charge on any atom is 0.303 e. The highest BCUT2D eigenvalue weighted by atomic mass is 16.4. The molecule has 0 unspecified atom stereocenters. The highest BCUT2D eigenvalue weighted by Gasteiger charge is 2.02. The van der Waals surface area contributed by atoms with Gasteiger partial charge in [-0.1, -0.05) is 36.5 Å². The van der Waals surface area contributed by atoms with Gasteiger partial charge in [-0.25, -0.2) is 0 Å². The van der Waals surface area contributed by atoms with Gasteiger partial charge in [0, 0.05) is 12.8 Å². The lowest BCUT2D eigenvalue weighted by Gasteiger charge is -2.02. The fourth-order valence-corrected chi connectivity index (χ4v) is 1.63. The minimum Gasteiger partial charge on any atom is -0.481 e. The Hall–Kier alpha value is -1.92. The molecule has 0 fully saturated rings. The molecule has 0 aliphatic carbocycles. The molecule has 4 N–H and O–H groups in total. The molecule has 0 aromatic heterocycles. The van der Waals surface area contributed by atoms with Gasteiger partial charge in [0.15, 0.2) is 0 Å². The normalized spacial score (nSPS) is 14.8. The maximum absolute atomic E-state index is 10.3. The van der Waals surface area contributed by atoms with E-state index in [1.807, 2.05) is 0 Å². The van der Waals surface area contributed by atoms with Crippen molar-refractivity contribution in [2.75, 3.05) is 0 Å². The molecule has 6 heteroatoms. The van der Waals surface area contributed by atoms with Crippen molar-refractivity contribution in [3.05, 3.63) is 36.5 Å². The molecule has 2 atom stereocenters. The second-order valence-electron chi connectivity index (χ2n) is 4.86. The number of aliphatic hydroxyl groups excluding tert-OH is 2. The molecule has 124 valence electrons. The first-order chi connectivity index (χ1) is 10.4. The molecule has 0 aromatic rings. The Kier molecular flexibility index (Phi) is 11.7. The summed E-state index contributed by atoms with van der Waals surface area (Å²) in [7, 11) is 0. The van der Waals surface area contributed by atoms with Crippen LogP contribution in [0.1, 0.15) is 38.5 Å². The quantitative estimate of drug-likeness (QED) is 0.409. The fraction of sp³-hybridized carbons (Fsp3) is 0.500. The minimum absolute atomic E-state index is 0.0449. The molecule has 0 saturated carbocycles. The second-order valence-corrected chi connectivity index (χ2v) is 4.86. The van der Waals surface area contributed by atoms with E-state index in [-0.39, 0.29) is 12.8 Å². The van der Waals surface area contributed by atoms with Crippen molar-refractivity contribution >= 4 is 11.9 Å². The van der Waals surface area contributed by atoms with E-state index in [9.17, 15) is 19.8 Å². The van der Waals surface area contributed by atoms with Crippen LogP contribution >= 0.6 is 0 Å². The molecule has 0 amide bonds. The van der Waals surface area contributed by atoms with Gasteiger partial charge >= 0.3 is 11.9 Å². The number of rotatable bonds is 12. The molecule has 0 aromatic carbocycles. The Bertz CT molecular complexity index is 373. The summed E-state index contributed by atoms with van der Waals surface area (Å²) in [6.07, 6.45) is 10.2. The summed E-state index contributed by atoms with van der Waals surface area (Å²) in [6, 6.07) is 0. The van der Waals surface area contributed by atoms with E-state index >= 15 is 0 Å². The minimum atomic E-state index is -0.872. The van der Waals surface area contributed by atoms with Gasteiger partial charge in [-0.3, -0.25) is 9.59 Å². The largest absolute Gasteiger partial charge is 0.481 e. The lowest BCUT2D eigenvalue weighted by Crippen LogP contribution is -2.03. The number of aliphatic carboxylic acids is 2. The van der Waals surface area contributed by atoms with Gasteiger partial charge in [0.1, 0.15) is 0 Å². The average Bonchev–Trinajstić information content (AvgIpc) is 2.41. The fourth-order valence-electron chi connectivity index (χ4n) is 1.63. The van der Waals surface area contributed by atoms with Crippen LogP contribution in [0.25, 0.3) is 0 Å². The van der Waals surface area contributed by atoms with Gasteiger partial charge in [-0.15, -0.1) is 0 Å². The Morgan fingerprint density at radius 2 is 1.09 bits per heavy atom. The average molecular weight is 312 g/mol. The lowest BCUT2D eigenvalue weighted by atomic mass is 10.1.